The van der Waals surface area contributed by atoms with Gasteiger partial charge in [0.2, 0.25) is 11.8 Å². The van der Waals surface area contributed by atoms with Crippen LogP contribution in [0.5, 0.6) is 0 Å². The van der Waals surface area contributed by atoms with Crippen LogP contribution < -0.4 is 5.73 Å². The number of morpholine rings is 1. The minimum Gasteiger partial charge on any atom is -0.374 e. The van der Waals surface area contributed by atoms with Gasteiger partial charge in [-0.1, -0.05) is 6.07 Å². The number of thiazole rings is 1. The number of aromatic nitrogens is 1. The lowest BCUT2D eigenvalue weighted by molar-refractivity contribution is -0.126. The molecule has 3 rings (SSSR count). The van der Waals surface area contributed by atoms with Gasteiger partial charge in [-0.3, -0.25) is 18.8 Å². The second-order valence-corrected chi connectivity index (χ2v) is 9.01. The van der Waals surface area contributed by atoms with Crippen LogP contribution in [0.15, 0.2) is 27.9 Å². The minimum atomic E-state index is -0.605. The molecule has 2 aromatic rings. The number of primary amides is 1. The molecule has 1 aliphatic rings. The van der Waals surface area contributed by atoms with Gasteiger partial charge in [0, 0.05) is 55.5 Å². The molecule has 0 aliphatic carbocycles. The fourth-order valence-corrected chi connectivity index (χ4v) is 4.87. The number of hydrogen-bond acceptors (Lipinski definition) is 7. The quantitative estimate of drug-likeness (QED) is 0.613. The fraction of sp³-hybridized carbons (Fsp3) is 0.421. The predicted octanol–water partition coefficient (Wildman–Crippen LogP) is 2.21. The maximum absolute atomic E-state index is 14.0. The van der Waals surface area contributed by atoms with Gasteiger partial charge in [-0.2, -0.15) is 0 Å². The van der Waals surface area contributed by atoms with E-state index in [4.69, 9.17) is 10.5 Å². The first kappa shape index (κ1) is 22.6. The van der Waals surface area contributed by atoms with Crippen molar-refractivity contribution in [2.75, 3.05) is 26.2 Å². The van der Waals surface area contributed by atoms with Gasteiger partial charge in [0.15, 0.2) is 4.34 Å². The van der Waals surface area contributed by atoms with Crippen LogP contribution in [0.2, 0.25) is 0 Å². The number of amides is 2. The molecule has 0 saturated carbocycles. The van der Waals surface area contributed by atoms with E-state index < -0.39 is 17.5 Å². The molecule has 1 atom stereocenters. The van der Waals surface area contributed by atoms with Crippen molar-refractivity contribution in [2.24, 2.45) is 5.73 Å². The Morgan fingerprint density at radius 3 is 2.93 bits per heavy atom. The van der Waals surface area contributed by atoms with E-state index in [2.05, 4.69) is 4.98 Å². The lowest BCUT2D eigenvalue weighted by atomic mass is 10.1. The second kappa shape index (κ2) is 10.3. The summed E-state index contributed by atoms with van der Waals surface area (Å²) in [5, 5.41) is 1.74. The Hall–Kier alpha value is -2.08. The van der Waals surface area contributed by atoms with Crippen molar-refractivity contribution in [1.29, 1.82) is 0 Å². The zero-order valence-corrected chi connectivity index (χ0v) is 18.0. The fourth-order valence-electron chi connectivity index (χ4n) is 3.02. The summed E-state index contributed by atoms with van der Waals surface area (Å²) in [4.78, 5) is 29.5. The third kappa shape index (κ3) is 6.46. The monoisotopic (exact) mass is 456 g/mol. The van der Waals surface area contributed by atoms with Gasteiger partial charge in [0.25, 0.3) is 0 Å². The third-order valence-electron chi connectivity index (χ3n) is 4.43. The van der Waals surface area contributed by atoms with Crippen molar-refractivity contribution in [3.8, 4) is 0 Å². The van der Waals surface area contributed by atoms with Gasteiger partial charge >= 0.3 is 0 Å². The Morgan fingerprint density at radius 1 is 1.43 bits per heavy atom. The Labute approximate surface area is 181 Å². The number of benzene rings is 1. The average molecular weight is 457 g/mol. The van der Waals surface area contributed by atoms with Crippen LogP contribution in [-0.2, 0) is 27.3 Å². The Morgan fingerprint density at radius 2 is 2.23 bits per heavy atom. The number of halogens is 2. The van der Waals surface area contributed by atoms with Crippen LogP contribution in [-0.4, -0.2) is 58.3 Å². The Kier molecular flexibility index (Phi) is 7.75. The molecule has 2 amide bonds. The second-order valence-electron chi connectivity index (χ2n) is 6.88. The van der Waals surface area contributed by atoms with Crippen molar-refractivity contribution < 1.29 is 23.1 Å². The summed E-state index contributed by atoms with van der Waals surface area (Å²) in [6.07, 6.45) is -0.207. The molecule has 1 aliphatic heterocycles. The van der Waals surface area contributed by atoms with E-state index in [0.29, 0.717) is 48.4 Å². The molecule has 0 radical (unpaired) electrons. The molecule has 2 heterocycles. The molecular weight excluding hydrogens is 434 g/mol. The minimum absolute atomic E-state index is 0.0533. The highest BCUT2D eigenvalue weighted by Crippen LogP contribution is 2.27. The smallest absolute Gasteiger partial charge is 0.229 e. The van der Waals surface area contributed by atoms with Gasteiger partial charge in [0.1, 0.15) is 11.6 Å². The number of nitrogens with two attached hydrogens (primary N) is 1. The molecule has 162 valence electrons. The molecule has 0 unspecified atom stereocenters. The van der Waals surface area contributed by atoms with Crippen LogP contribution >= 0.6 is 23.3 Å². The summed E-state index contributed by atoms with van der Waals surface area (Å²) in [6.45, 7) is 3.69. The van der Waals surface area contributed by atoms with E-state index in [1.54, 1.807) is 9.69 Å². The molecule has 30 heavy (non-hydrogen) atoms. The average Bonchev–Trinajstić information content (AvgIpc) is 3.10. The highest BCUT2D eigenvalue weighted by molar-refractivity contribution is 7.99. The largest absolute Gasteiger partial charge is 0.374 e. The van der Waals surface area contributed by atoms with Gasteiger partial charge in [0.05, 0.1) is 31.4 Å². The van der Waals surface area contributed by atoms with Gasteiger partial charge in [-0.15, -0.1) is 11.3 Å². The van der Waals surface area contributed by atoms with E-state index >= 15 is 0 Å². The third-order valence-corrected chi connectivity index (χ3v) is 6.50. The highest BCUT2D eigenvalue weighted by atomic mass is 32.2. The van der Waals surface area contributed by atoms with E-state index in [-0.39, 0.29) is 18.4 Å². The molecule has 1 fully saturated rings. The molecule has 1 saturated heterocycles. The summed E-state index contributed by atoms with van der Waals surface area (Å²) in [7, 11) is 0. The van der Waals surface area contributed by atoms with Gasteiger partial charge < -0.3 is 10.5 Å². The van der Waals surface area contributed by atoms with E-state index in [9.17, 15) is 18.4 Å². The number of carbonyl (C=O) groups excluding carboxylic acids is 2. The first-order chi connectivity index (χ1) is 14.3. The molecule has 2 N–H and O–H groups in total. The molecule has 0 spiro atoms. The Bertz CT molecular complexity index is 912. The zero-order chi connectivity index (χ0) is 21.7. The summed E-state index contributed by atoms with van der Waals surface area (Å²) >= 11 is 2.52. The SMILES string of the molecule is CC(=O)N(C[C@@H]1CN(Cc2ccc(F)cc2F)CCO1)Sc1nc(CC(N)=O)cs1. The normalized spacial score (nSPS) is 17.1. The van der Waals surface area contributed by atoms with Gasteiger partial charge in [-0.05, 0) is 6.07 Å². The maximum atomic E-state index is 14.0. The molecule has 11 heteroatoms. The van der Waals surface area contributed by atoms with Crippen LogP contribution in [0.1, 0.15) is 18.2 Å². The van der Waals surface area contributed by atoms with E-state index in [1.165, 1.54) is 42.3 Å². The molecular formula is C19H22F2N4O3S2. The van der Waals surface area contributed by atoms with Crippen molar-refractivity contribution in [1.82, 2.24) is 14.2 Å². The van der Waals surface area contributed by atoms with Crippen LogP contribution in [0, 0.1) is 11.6 Å². The molecule has 0 bridgehead atoms. The predicted molar refractivity (Wildman–Crippen MR) is 110 cm³/mol. The van der Waals surface area contributed by atoms with E-state index in [0.717, 1.165) is 6.07 Å². The summed E-state index contributed by atoms with van der Waals surface area (Å²) in [5.41, 5.74) is 6.17. The lowest BCUT2D eigenvalue weighted by Gasteiger charge is -2.35. The summed E-state index contributed by atoms with van der Waals surface area (Å²) < 4.78 is 35.0. The standard InChI is InChI=1S/C19H22F2N4O3S2/c1-12(26)25(30-19-23-15(11-29-19)7-18(22)27)10-16-9-24(4-5-28-16)8-13-2-3-14(20)6-17(13)21/h2-3,6,11,16H,4-5,7-10H2,1H3,(H2,22,27)/t16-/m0/s1. The Balaban J connectivity index is 1.58. The number of ether oxygens (including phenoxy) is 1. The maximum Gasteiger partial charge on any atom is 0.229 e. The van der Waals surface area contributed by atoms with Crippen LogP contribution in [0.25, 0.3) is 0 Å². The van der Waals surface area contributed by atoms with Crippen molar-refractivity contribution in [3.63, 3.8) is 0 Å². The highest BCUT2D eigenvalue weighted by Gasteiger charge is 2.26. The summed E-state index contributed by atoms with van der Waals surface area (Å²) in [5.74, 6) is -1.80. The van der Waals surface area contributed by atoms with Crippen molar-refractivity contribution in [2.45, 2.75) is 30.3 Å². The van der Waals surface area contributed by atoms with E-state index in [1.807, 2.05) is 4.90 Å². The number of nitrogens with zero attached hydrogens (tertiary/aromatic N) is 3. The van der Waals surface area contributed by atoms with Crippen LogP contribution in [0.3, 0.4) is 0 Å². The van der Waals surface area contributed by atoms with Gasteiger partial charge in [-0.25, -0.2) is 13.8 Å². The molecule has 1 aromatic heterocycles. The number of rotatable bonds is 8. The lowest BCUT2D eigenvalue weighted by Crippen LogP contribution is -2.46. The first-order valence-corrected chi connectivity index (χ1v) is 10.9. The molecule has 1 aromatic carbocycles. The number of hydrogen-bond donors (Lipinski definition) is 1. The number of carbonyl (C=O) groups is 2. The topological polar surface area (TPSA) is 88.8 Å². The summed E-state index contributed by atoms with van der Waals surface area (Å²) in [6, 6.07) is 3.56. The van der Waals surface area contributed by atoms with Crippen LogP contribution in [0.4, 0.5) is 8.78 Å². The first-order valence-electron chi connectivity index (χ1n) is 9.27. The van der Waals surface area contributed by atoms with Crippen molar-refractivity contribution in [3.05, 3.63) is 46.5 Å². The molecule has 7 nitrogen and oxygen atoms in total. The zero-order valence-electron chi connectivity index (χ0n) is 16.3. The van der Waals surface area contributed by atoms with Crippen molar-refractivity contribution >= 4 is 35.1 Å².